The van der Waals surface area contributed by atoms with Crippen LogP contribution in [0.5, 0.6) is 0 Å². The smallest absolute Gasteiger partial charge is 0.225 e. The lowest BCUT2D eigenvalue weighted by atomic mass is 9.82. The van der Waals surface area contributed by atoms with E-state index in [0.717, 1.165) is 32.4 Å². The van der Waals surface area contributed by atoms with Gasteiger partial charge in [0.05, 0.1) is 12.1 Å². The molecule has 1 saturated carbocycles. The van der Waals surface area contributed by atoms with Crippen LogP contribution in [0.4, 0.5) is 0 Å². The summed E-state index contributed by atoms with van der Waals surface area (Å²) in [6.45, 7) is 3.52. The Morgan fingerprint density at radius 2 is 1.90 bits per heavy atom. The molecule has 3 atom stereocenters. The van der Waals surface area contributed by atoms with Gasteiger partial charge in [-0.2, -0.15) is 0 Å². The Bertz CT molecular complexity index is 353. The monoisotopic (exact) mass is 282 g/mol. The number of carbonyl (C=O) groups is 2. The van der Waals surface area contributed by atoms with Crippen molar-refractivity contribution in [3.8, 4) is 0 Å². The van der Waals surface area contributed by atoms with Gasteiger partial charge in [-0.05, 0) is 38.5 Å². The Morgan fingerprint density at radius 1 is 1.20 bits per heavy atom. The minimum absolute atomic E-state index is 0.0325. The summed E-state index contributed by atoms with van der Waals surface area (Å²) in [5, 5.41) is 13.0. The van der Waals surface area contributed by atoms with E-state index in [9.17, 15) is 14.7 Å². The van der Waals surface area contributed by atoms with Crippen LogP contribution >= 0.6 is 0 Å². The van der Waals surface area contributed by atoms with Crippen LogP contribution in [0, 0.1) is 5.92 Å². The third-order valence-electron chi connectivity index (χ3n) is 4.50. The molecule has 114 valence electrons. The summed E-state index contributed by atoms with van der Waals surface area (Å²) in [6, 6.07) is -0.187. The molecule has 2 rings (SSSR count). The maximum atomic E-state index is 12.4. The molecule has 0 aromatic carbocycles. The molecule has 0 bridgehead atoms. The zero-order valence-corrected chi connectivity index (χ0v) is 12.3. The zero-order chi connectivity index (χ0) is 14.5. The molecule has 5 nitrogen and oxygen atoms in total. The van der Waals surface area contributed by atoms with Crippen molar-refractivity contribution >= 4 is 11.8 Å². The van der Waals surface area contributed by atoms with Gasteiger partial charge in [0.15, 0.2) is 0 Å². The van der Waals surface area contributed by atoms with Crippen molar-refractivity contribution in [3.05, 3.63) is 0 Å². The maximum Gasteiger partial charge on any atom is 0.225 e. The van der Waals surface area contributed by atoms with Crippen LogP contribution in [0.15, 0.2) is 0 Å². The van der Waals surface area contributed by atoms with Crippen LogP contribution in [0.25, 0.3) is 0 Å². The summed E-state index contributed by atoms with van der Waals surface area (Å²) in [4.78, 5) is 25.8. The van der Waals surface area contributed by atoms with Gasteiger partial charge in [-0.1, -0.05) is 6.92 Å². The fraction of sp³-hybridized carbons (Fsp3) is 0.867. The number of aliphatic hydroxyl groups is 1. The van der Waals surface area contributed by atoms with Gasteiger partial charge in [-0.25, -0.2) is 0 Å². The fourth-order valence-electron chi connectivity index (χ4n) is 3.22. The zero-order valence-electron chi connectivity index (χ0n) is 12.3. The van der Waals surface area contributed by atoms with Gasteiger partial charge in [-0.3, -0.25) is 9.59 Å². The first-order valence-corrected chi connectivity index (χ1v) is 7.88. The Hall–Kier alpha value is -1.10. The molecule has 1 aliphatic carbocycles. The van der Waals surface area contributed by atoms with Crippen molar-refractivity contribution in [3.63, 3.8) is 0 Å². The van der Waals surface area contributed by atoms with Gasteiger partial charge in [0.1, 0.15) is 0 Å². The van der Waals surface area contributed by atoms with Crippen molar-refractivity contribution in [2.75, 3.05) is 13.1 Å². The number of aliphatic hydroxyl groups excluding tert-OH is 1. The number of piperidine rings is 1. The first-order chi connectivity index (χ1) is 9.61. The number of rotatable bonds is 3. The molecule has 1 heterocycles. The van der Waals surface area contributed by atoms with Crippen molar-refractivity contribution in [1.29, 1.82) is 0 Å². The standard InChI is InChI=1S/C15H26N2O3/c1-2-14(19)16-12-7-6-11(10-13(12)18)15(20)17-8-4-3-5-9-17/h11-13,18H,2-10H2,1H3,(H,16,19)/t11-,12+,13+/m0/s1. The highest BCUT2D eigenvalue weighted by Crippen LogP contribution is 2.27. The third-order valence-corrected chi connectivity index (χ3v) is 4.50. The predicted molar refractivity (Wildman–Crippen MR) is 76.0 cm³/mol. The Labute approximate surface area is 120 Å². The van der Waals surface area contributed by atoms with E-state index < -0.39 is 6.10 Å². The second-order valence-electron chi connectivity index (χ2n) is 5.99. The van der Waals surface area contributed by atoms with Crippen molar-refractivity contribution in [2.45, 2.75) is 64.0 Å². The molecule has 2 fully saturated rings. The SMILES string of the molecule is CCC(=O)N[C@@H]1CC[C@H](C(=O)N2CCCCC2)C[C@H]1O. The molecule has 20 heavy (non-hydrogen) atoms. The summed E-state index contributed by atoms with van der Waals surface area (Å²) < 4.78 is 0. The summed E-state index contributed by atoms with van der Waals surface area (Å²) >= 11 is 0. The quantitative estimate of drug-likeness (QED) is 0.813. The van der Waals surface area contributed by atoms with Crippen LogP contribution in [-0.4, -0.2) is 47.1 Å². The highest BCUT2D eigenvalue weighted by atomic mass is 16.3. The molecule has 1 aliphatic heterocycles. The van der Waals surface area contributed by atoms with Crippen LogP contribution in [0.2, 0.25) is 0 Å². The van der Waals surface area contributed by atoms with Crippen LogP contribution in [0.3, 0.4) is 0 Å². The Kier molecular flexibility index (Phi) is 5.40. The van der Waals surface area contributed by atoms with Crippen LogP contribution in [0.1, 0.15) is 51.9 Å². The normalized spacial score (nSPS) is 30.9. The highest BCUT2D eigenvalue weighted by Gasteiger charge is 2.35. The lowest BCUT2D eigenvalue weighted by molar-refractivity contribution is -0.139. The van der Waals surface area contributed by atoms with E-state index in [1.807, 2.05) is 4.90 Å². The number of carbonyl (C=O) groups excluding carboxylic acids is 2. The van der Waals surface area contributed by atoms with Gasteiger partial charge in [-0.15, -0.1) is 0 Å². The van der Waals surface area contributed by atoms with Gasteiger partial charge in [0.25, 0.3) is 0 Å². The molecule has 0 radical (unpaired) electrons. The highest BCUT2D eigenvalue weighted by molar-refractivity contribution is 5.79. The molecule has 0 unspecified atom stereocenters. The molecular weight excluding hydrogens is 256 g/mol. The van der Waals surface area contributed by atoms with Crippen molar-refractivity contribution < 1.29 is 14.7 Å². The van der Waals surface area contributed by atoms with Gasteiger partial charge in [0, 0.05) is 25.4 Å². The molecule has 0 aromatic rings. The van der Waals surface area contributed by atoms with E-state index in [1.54, 1.807) is 6.92 Å². The van der Waals surface area contributed by atoms with Crippen LogP contribution < -0.4 is 5.32 Å². The van der Waals surface area contributed by atoms with Crippen LogP contribution in [-0.2, 0) is 9.59 Å². The molecule has 0 aromatic heterocycles. The molecule has 2 amide bonds. The maximum absolute atomic E-state index is 12.4. The molecule has 1 saturated heterocycles. The first kappa shape index (κ1) is 15.3. The number of nitrogens with one attached hydrogen (secondary N) is 1. The average Bonchev–Trinajstić information content (AvgIpc) is 2.49. The summed E-state index contributed by atoms with van der Waals surface area (Å²) in [5.74, 6) is 0.0942. The van der Waals surface area contributed by atoms with E-state index in [2.05, 4.69) is 5.32 Å². The lowest BCUT2D eigenvalue weighted by Gasteiger charge is -2.36. The van der Waals surface area contributed by atoms with Gasteiger partial charge < -0.3 is 15.3 Å². The number of hydrogen-bond donors (Lipinski definition) is 2. The van der Waals surface area contributed by atoms with E-state index in [4.69, 9.17) is 0 Å². The predicted octanol–water partition coefficient (Wildman–Crippen LogP) is 1.05. The number of amides is 2. The molecule has 2 N–H and O–H groups in total. The van der Waals surface area contributed by atoms with E-state index in [1.165, 1.54) is 6.42 Å². The first-order valence-electron chi connectivity index (χ1n) is 7.88. The van der Waals surface area contributed by atoms with E-state index in [-0.39, 0.29) is 23.8 Å². The Morgan fingerprint density at radius 3 is 2.50 bits per heavy atom. The summed E-state index contributed by atoms with van der Waals surface area (Å²) in [6.07, 6.45) is 5.16. The second kappa shape index (κ2) is 7.07. The minimum Gasteiger partial charge on any atom is -0.391 e. The molecule has 5 heteroatoms. The molecule has 2 aliphatic rings. The topological polar surface area (TPSA) is 69.6 Å². The minimum atomic E-state index is -0.599. The number of hydrogen-bond acceptors (Lipinski definition) is 3. The second-order valence-corrected chi connectivity index (χ2v) is 5.99. The summed E-state index contributed by atoms with van der Waals surface area (Å²) in [5.41, 5.74) is 0. The van der Waals surface area contributed by atoms with Crippen molar-refractivity contribution in [1.82, 2.24) is 10.2 Å². The van der Waals surface area contributed by atoms with E-state index in [0.29, 0.717) is 19.3 Å². The van der Waals surface area contributed by atoms with Crippen molar-refractivity contribution in [2.24, 2.45) is 5.92 Å². The molecular formula is C15H26N2O3. The third kappa shape index (κ3) is 3.72. The van der Waals surface area contributed by atoms with Gasteiger partial charge >= 0.3 is 0 Å². The van der Waals surface area contributed by atoms with E-state index >= 15 is 0 Å². The largest absolute Gasteiger partial charge is 0.391 e. The van der Waals surface area contributed by atoms with Gasteiger partial charge in [0.2, 0.25) is 11.8 Å². The summed E-state index contributed by atoms with van der Waals surface area (Å²) in [7, 11) is 0. The Balaban J connectivity index is 1.84. The fourth-order valence-corrected chi connectivity index (χ4v) is 3.22. The molecule has 0 spiro atoms. The average molecular weight is 282 g/mol. The number of nitrogens with zero attached hydrogens (tertiary/aromatic N) is 1. The number of likely N-dealkylation sites (tertiary alicyclic amines) is 1. The lowest BCUT2D eigenvalue weighted by Crippen LogP contribution is -2.50.